The Morgan fingerprint density at radius 3 is 2.85 bits per heavy atom. The first-order valence-corrected chi connectivity index (χ1v) is 8.78. The number of nitrogens with one attached hydrogen (secondary N) is 2. The minimum atomic E-state index is -0.307. The van der Waals surface area contributed by atoms with Crippen LogP contribution in [0.25, 0.3) is 0 Å². The topological polar surface area (TPSA) is 68.8 Å². The number of anilines is 1. The summed E-state index contributed by atoms with van der Waals surface area (Å²) in [5, 5.41) is 6.05. The summed E-state index contributed by atoms with van der Waals surface area (Å²) < 4.78 is 16.6. The predicted molar refractivity (Wildman–Crippen MR) is 99.3 cm³/mol. The Labute approximate surface area is 153 Å². The van der Waals surface area contributed by atoms with Crippen LogP contribution < -0.4 is 15.4 Å². The van der Waals surface area contributed by atoms with Gasteiger partial charge in [-0.1, -0.05) is 30.3 Å². The molecule has 0 aromatic heterocycles. The third-order valence-corrected chi connectivity index (χ3v) is 3.94. The molecule has 0 radical (unpaired) electrons. The van der Waals surface area contributed by atoms with Gasteiger partial charge in [-0.05, 0) is 29.8 Å². The highest BCUT2D eigenvalue weighted by atomic mass is 16.5. The second-order valence-corrected chi connectivity index (χ2v) is 5.99. The Hall–Kier alpha value is -2.41. The standard InChI is InChI=1S/C20H24N2O4/c23-20(19-15-24-10-9-21-19)22-17-6-4-5-16(13-17)14-25-11-12-26-18-7-2-1-3-8-18/h1-8,13,19,21H,9-12,14-15H2,(H,22,23). The van der Waals surface area contributed by atoms with Crippen molar-refractivity contribution in [3.63, 3.8) is 0 Å². The maximum Gasteiger partial charge on any atom is 0.243 e. The van der Waals surface area contributed by atoms with Gasteiger partial charge in [0.25, 0.3) is 0 Å². The average Bonchev–Trinajstić information content (AvgIpc) is 2.69. The van der Waals surface area contributed by atoms with E-state index in [2.05, 4.69) is 10.6 Å². The highest BCUT2D eigenvalue weighted by molar-refractivity contribution is 5.95. The molecular weight excluding hydrogens is 332 g/mol. The second-order valence-electron chi connectivity index (χ2n) is 5.99. The van der Waals surface area contributed by atoms with Crippen LogP contribution in [0.3, 0.4) is 0 Å². The van der Waals surface area contributed by atoms with Crippen LogP contribution in [0.4, 0.5) is 5.69 Å². The van der Waals surface area contributed by atoms with Gasteiger partial charge in [0.2, 0.25) is 5.91 Å². The molecule has 138 valence electrons. The zero-order valence-electron chi connectivity index (χ0n) is 14.6. The van der Waals surface area contributed by atoms with Gasteiger partial charge in [-0.2, -0.15) is 0 Å². The van der Waals surface area contributed by atoms with E-state index < -0.39 is 0 Å². The summed E-state index contributed by atoms with van der Waals surface area (Å²) in [6.07, 6.45) is 0. The smallest absolute Gasteiger partial charge is 0.243 e. The van der Waals surface area contributed by atoms with Gasteiger partial charge in [0.1, 0.15) is 18.4 Å². The first-order chi connectivity index (χ1) is 12.8. The number of hydrogen-bond donors (Lipinski definition) is 2. The van der Waals surface area contributed by atoms with Gasteiger partial charge in [-0.15, -0.1) is 0 Å². The van der Waals surface area contributed by atoms with Crippen LogP contribution >= 0.6 is 0 Å². The summed E-state index contributed by atoms with van der Waals surface area (Å²) in [5.41, 5.74) is 1.75. The van der Waals surface area contributed by atoms with Crippen LogP contribution in [0.1, 0.15) is 5.56 Å². The van der Waals surface area contributed by atoms with Crippen LogP contribution in [0.2, 0.25) is 0 Å². The lowest BCUT2D eigenvalue weighted by Gasteiger charge is -2.23. The van der Waals surface area contributed by atoms with E-state index >= 15 is 0 Å². The van der Waals surface area contributed by atoms with Gasteiger partial charge >= 0.3 is 0 Å². The van der Waals surface area contributed by atoms with Crippen LogP contribution in [0.5, 0.6) is 5.75 Å². The number of carbonyl (C=O) groups is 1. The predicted octanol–water partition coefficient (Wildman–Crippen LogP) is 2.21. The lowest BCUT2D eigenvalue weighted by molar-refractivity contribution is -0.120. The van der Waals surface area contributed by atoms with Crippen molar-refractivity contribution in [1.82, 2.24) is 5.32 Å². The number of amides is 1. The van der Waals surface area contributed by atoms with Gasteiger partial charge in [-0.25, -0.2) is 0 Å². The summed E-state index contributed by atoms with van der Waals surface area (Å²) in [6, 6.07) is 17.0. The van der Waals surface area contributed by atoms with E-state index in [9.17, 15) is 4.79 Å². The van der Waals surface area contributed by atoms with Crippen molar-refractivity contribution in [2.24, 2.45) is 0 Å². The Bertz CT molecular complexity index is 687. The Balaban J connectivity index is 1.40. The van der Waals surface area contributed by atoms with Gasteiger partial charge in [0.15, 0.2) is 0 Å². The normalized spacial score (nSPS) is 16.8. The molecule has 1 amide bonds. The zero-order chi connectivity index (χ0) is 18.0. The van der Waals surface area contributed by atoms with Gasteiger partial charge in [-0.3, -0.25) is 4.79 Å². The van der Waals surface area contributed by atoms with E-state index in [-0.39, 0.29) is 11.9 Å². The molecule has 1 unspecified atom stereocenters. The van der Waals surface area contributed by atoms with E-state index in [1.165, 1.54) is 0 Å². The number of morpholine rings is 1. The number of benzene rings is 2. The van der Waals surface area contributed by atoms with Crippen LogP contribution in [0, 0.1) is 0 Å². The second kappa shape index (κ2) is 9.91. The van der Waals surface area contributed by atoms with E-state index in [0.717, 1.165) is 17.0 Å². The molecule has 0 aliphatic carbocycles. The molecule has 1 atom stereocenters. The molecule has 0 saturated carbocycles. The van der Waals surface area contributed by atoms with E-state index in [1.54, 1.807) is 0 Å². The summed E-state index contributed by atoms with van der Waals surface area (Å²) in [6.45, 7) is 3.19. The molecule has 3 rings (SSSR count). The van der Waals surface area contributed by atoms with E-state index in [4.69, 9.17) is 14.2 Å². The molecule has 2 aromatic rings. The SMILES string of the molecule is O=C(Nc1cccc(COCCOc2ccccc2)c1)C1COCCN1. The molecule has 26 heavy (non-hydrogen) atoms. The number of hydrogen-bond acceptors (Lipinski definition) is 5. The lowest BCUT2D eigenvalue weighted by Crippen LogP contribution is -2.48. The molecular formula is C20H24N2O4. The highest BCUT2D eigenvalue weighted by Gasteiger charge is 2.21. The fourth-order valence-corrected chi connectivity index (χ4v) is 2.63. The number of para-hydroxylation sites is 1. The first kappa shape index (κ1) is 18.4. The zero-order valence-corrected chi connectivity index (χ0v) is 14.6. The van der Waals surface area contributed by atoms with Crippen molar-refractivity contribution in [2.75, 3.05) is 38.3 Å². The molecule has 1 fully saturated rings. The summed E-state index contributed by atoms with van der Waals surface area (Å²) >= 11 is 0. The fraction of sp³-hybridized carbons (Fsp3) is 0.350. The number of rotatable bonds is 8. The van der Waals surface area contributed by atoms with Crippen LogP contribution in [0.15, 0.2) is 54.6 Å². The van der Waals surface area contributed by atoms with Crippen LogP contribution in [-0.4, -0.2) is 44.9 Å². The Morgan fingerprint density at radius 1 is 1.15 bits per heavy atom. The summed E-state index contributed by atoms with van der Waals surface area (Å²) in [7, 11) is 0. The summed E-state index contributed by atoms with van der Waals surface area (Å²) in [5.74, 6) is 0.750. The Morgan fingerprint density at radius 2 is 2.04 bits per heavy atom. The van der Waals surface area contributed by atoms with Crippen molar-refractivity contribution in [3.05, 3.63) is 60.2 Å². The minimum Gasteiger partial charge on any atom is -0.491 e. The quantitative estimate of drug-likeness (QED) is 0.710. The van der Waals surface area contributed by atoms with Gasteiger partial charge in [0.05, 0.1) is 26.4 Å². The van der Waals surface area contributed by atoms with Crippen molar-refractivity contribution >= 4 is 11.6 Å². The number of carbonyl (C=O) groups excluding carboxylic acids is 1. The molecule has 2 aromatic carbocycles. The molecule has 0 spiro atoms. The molecule has 1 aliphatic rings. The van der Waals surface area contributed by atoms with Crippen LogP contribution in [-0.2, 0) is 20.9 Å². The van der Waals surface area contributed by atoms with Crippen molar-refractivity contribution in [3.8, 4) is 5.75 Å². The van der Waals surface area contributed by atoms with Crippen molar-refractivity contribution in [1.29, 1.82) is 0 Å². The summed E-state index contributed by atoms with van der Waals surface area (Å²) in [4.78, 5) is 12.2. The third kappa shape index (κ3) is 5.84. The fourth-order valence-electron chi connectivity index (χ4n) is 2.63. The molecule has 6 nitrogen and oxygen atoms in total. The van der Waals surface area contributed by atoms with Crippen molar-refractivity contribution in [2.45, 2.75) is 12.6 Å². The average molecular weight is 356 g/mol. The van der Waals surface area contributed by atoms with E-state index in [0.29, 0.717) is 39.6 Å². The molecule has 1 aliphatic heterocycles. The lowest BCUT2D eigenvalue weighted by atomic mass is 10.2. The van der Waals surface area contributed by atoms with Gasteiger partial charge in [0, 0.05) is 12.2 Å². The monoisotopic (exact) mass is 356 g/mol. The third-order valence-electron chi connectivity index (χ3n) is 3.94. The van der Waals surface area contributed by atoms with Crippen molar-refractivity contribution < 1.29 is 19.0 Å². The number of ether oxygens (including phenoxy) is 3. The van der Waals surface area contributed by atoms with Gasteiger partial charge < -0.3 is 24.8 Å². The molecule has 2 N–H and O–H groups in total. The Kier molecular flexibility index (Phi) is 7.01. The molecule has 1 heterocycles. The largest absolute Gasteiger partial charge is 0.491 e. The minimum absolute atomic E-state index is 0.0842. The maximum absolute atomic E-state index is 12.2. The first-order valence-electron chi connectivity index (χ1n) is 8.78. The molecule has 0 bridgehead atoms. The highest BCUT2D eigenvalue weighted by Crippen LogP contribution is 2.13. The van der Waals surface area contributed by atoms with E-state index in [1.807, 2.05) is 54.6 Å². The molecule has 1 saturated heterocycles. The molecule has 6 heteroatoms. The maximum atomic E-state index is 12.2.